The van der Waals surface area contributed by atoms with Gasteiger partial charge in [0.25, 0.3) is 0 Å². The lowest BCUT2D eigenvalue weighted by Gasteiger charge is -2.41. The summed E-state index contributed by atoms with van der Waals surface area (Å²) in [6.45, 7) is 10.6. The van der Waals surface area contributed by atoms with Gasteiger partial charge in [0.1, 0.15) is 5.82 Å². The maximum Gasteiger partial charge on any atom is 0.205 e. The second kappa shape index (κ2) is 9.96. The van der Waals surface area contributed by atoms with Gasteiger partial charge in [-0.25, -0.2) is 4.98 Å². The van der Waals surface area contributed by atoms with Gasteiger partial charge in [0.15, 0.2) is 5.96 Å². The number of hydrogen-bond donors (Lipinski definition) is 1. The molecule has 0 bridgehead atoms. The van der Waals surface area contributed by atoms with E-state index < -0.39 is 0 Å². The molecule has 0 atom stereocenters. The summed E-state index contributed by atoms with van der Waals surface area (Å²) in [5.41, 5.74) is 2.89. The third-order valence-corrected chi connectivity index (χ3v) is 7.40. The Hall–Kier alpha value is -2.19. The van der Waals surface area contributed by atoms with E-state index >= 15 is 0 Å². The number of aryl methyl sites for hydroxylation is 2. The summed E-state index contributed by atoms with van der Waals surface area (Å²) < 4.78 is 10.1. The minimum Gasteiger partial charge on any atom is -0.381 e. The zero-order chi connectivity index (χ0) is 21.7. The minimum absolute atomic E-state index is 0.0878. The van der Waals surface area contributed by atoms with Crippen LogP contribution < -0.4 is 10.2 Å². The maximum atomic E-state index is 5.72. The van der Waals surface area contributed by atoms with E-state index in [4.69, 9.17) is 4.74 Å². The first-order valence-corrected chi connectivity index (χ1v) is 12.1. The van der Waals surface area contributed by atoms with Crippen molar-refractivity contribution in [2.75, 3.05) is 57.9 Å². The smallest absolute Gasteiger partial charge is 0.205 e. The Balaban J connectivity index is 1.40. The Bertz CT molecular complexity index is 884. The van der Waals surface area contributed by atoms with Crippen LogP contribution in [0.1, 0.15) is 36.7 Å². The first kappa shape index (κ1) is 22.0. The zero-order valence-corrected chi connectivity index (χ0v) is 19.7. The highest BCUT2D eigenvalue weighted by Gasteiger charge is 2.36. The SMILES string of the molecule is CCc1nsc(N2CCN(C(=NC)NCC3(c4ccccc4C)CCOCC3)CC2)n1. The number of rotatable bonds is 5. The van der Waals surface area contributed by atoms with Crippen LogP contribution in [0.5, 0.6) is 0 Å². The molecular weight excluding hydrogens is 408 g/mol. The Morgan fingerprint density at radius 1 is 1.19 bits per heavy atom. The number of ether oxygens (including phenoxy) is 1. The highest BCUT2D eigenvalue weighted by molar-refractivity contribution is 7.09. The van der Waals surface area contributed by atoms with Crippen LogP contribution >= 0.6 is 11.5 Å². The van der Waals surface area contributed by atoms with Crippen molar-refractivity contribution in [3.8, 4) is 0 Å². The van der Waals surface area contributed by atoms with Crippen molar-refractivity contribution in [1.29, 1.82) is 0 Å². The summed E-state index contributed by atoms with van der Waals surface area (Å²) in [6, 6.07) is 8.79. The number of guanidine groups is 1. The van der Waals surface area contributed by atoms with Crippen LogP contribution in [0, 0.1) is 6.92 Å². The minimum atomic E-state index is 0.0878. The van der Waals surface area contributed by atoms with Crippen LogP contribution in [0.2, 0.25) is 0 Å². The molecule has 0 unspecified atom stereocenters. The van der Waals surface area contributed by atoms with Crippen molar-refractivity contribution in [1.82, 2.24) is 19.6 Å². The van der Waals surface area contributed by atoms with Gasteiger partial charge in [-0.3, -0.25) is 4.99 Å². The fraction of sp³-hybridized carbons (Fsp3) is 0.609. The van der Waals surface area contributed by atoms with Crippen LogP contribution in [0.4, 0.5) is 5.13 Å². The molecule has 168 valence electrons. The van der Waals surface area contributed by atoms with E-state index in [0.717, 1.165) is 82.1 Å². The monoisotopic (exact) mass is 442 g/mol. The normalized spacial score (nSPS) is 19.5. The number of hydrogen-bond acceptors (Lipinski definition) is 6. The van der Waals surface area contributed by atoms with Gasteiger partial charge < -0.3 is 19.9 Å². The molecular formula is C23H34N6OS. The second-order valence-electron chi connectivity index (χ2n) is 8.43. The van der Waals surface area contributed by atoms with Crippen molar-refractivity contribution in [2.45, 2.75) is 38.5 Å². The van der Waals surface area contributed by atoms with Gasteiger partial charge in [0.05, 0.1) is 0 Å². The van der Waals surface area contributed by atoms with E-state index in [1.807, 2.05) is 7.05 Å². The van der Waals surface area contributed by atoms with Crippen molar-refractivity contribution >= 4 is 22.6 Å². The van der Waals surface area contributed by atoms with E-state index in [-0.39, 0.29) is 5.41 Å². The number of piperazine rings is 1. The molecule has 3 heterocycles. The molecule has 1 aromatic carbocycles. The molecule has 0 saturated carbocycles. The molecule has 1 N–H and O–H groups in total. The fourth-order valence-electron chi connectivity index (χ4n) is 4.68. The molecule has 2 aliphatic heterocycles. The predicted octanol–water partition coefficient (Wildman–Crippen LogP) is 2.85. The highest BCUT2D eigenvalue weighted by atomic mass is 32.1. The van der Waals surface area contributed by atoms with Crippen LogP contribution in [0.25, 0.3) is 0 Å². The number of benzene rings is 1. The molecule has 7 nitrogen and oxygen atoms in total. The van der Waals surface area contributed by atoms with Crippen molar-refractivity contribution < 1.29 is 4.74 Å². The van der Waals surface area contributed by atoms with E-state index in [1.54, 1.807) is 0 Å². The van der Waals surface area contributed by atoms with Gasteiger partial charge in [0, 0.05) is 76.4 Å². The third kappa shape index (κ3) is 4.85. The molecule has 0 aliphatic carbocycles. The Morgan fingerprint density at radius 2 is 1.94 bits per heavy atom. The van der Waals surface area contributed by atoms with Crippen LogP contribution in [0.3, 0.4) is 0 Å². The molecule has 0 amide bonds. The average Bonchev–Trinajstić information content (AvgIpc) is 3.30. The molecule has 31 heavy (non-hydrogen) atoms. The number of nitrogens with one attached hydrogen (secondary N) is 1. The summed E-state index contributed by atoms with van der Waals surface area (Å²) in [5.74, 6) is 1.93. The van der Waals surface area contributed by atoms with Crippen molar-refractivity contribution in [3.63, 3.8) is 0 Å². The van der Waals surface area contributed by atoms with Crippen LogP contribution in [0.15, 0.2) is 29.3 Å². The lowest BCUT2D eigenvalue weighted by molar-refractivity contribution is 0.0509. The molecule has 2 aliphatic rings. The quantitative estimate of drug-likeness (QED) is 0.567. The Morgan fingerprint density at radius 3 is 2.58 bits per heavy atom. The van der Waals surface area contributed by atoms with Gasteiger partial charge in [-0.15, -0.1) is 0 Å². The zero-order valence-electron chi connectivity index (χ0n) is 18.9. The largest absolute Gasteiger partial charge is 0.381 e. The number of aliphatic imine (C=N–C) groups is 1. The summed E-state index contributed by atoms with van der Waals surface area (Å²) in [7, 11) is 1.89. The summed E-state index contributed by atoms with van der Waals surface area (Å²) in [5, 5.41) is 4.76. The molecule has 2 saturated heterocycles. The van der Waals surface area contributed by atoms with Crippen LogP contribution in [-0.4, -0.2) is 73.2 Å². The molecule has 0 spiro atoms. The standard InChI is InChI=1S/C23H34N6OS/c1-4-20-26-22(31-27-20)29-13-11-28(12-14-29)21(24-3)25-17-23(9-15-30-16-10-23)19-8-6-5-7-18(19)2/h5-8H,4,9-17H2,1-3H3,(H,24,25). The summed E-state index contributed by atoms with van der Waals surface area (Å²) >= 11 is 1.51. The summed E-state index contributed by atoms with van der Waals surface area (Å²) in [4.78, 5) is 14.0. The van der Waals surface area contributed by atoms with Crippen molar-refractivity contribution in [3.05, 3.63) is 41.2 Å². The van der Waals surface area contributed by atoms with E-state index in [9.17, 15) is 0 Å². The molecule has 0 radical (unpaired) electrons. The lowest BCUT2D eigenvalue weighted by Crippen LogP contribution is -2.55. The van der Waals surface area contributed by atoms with Gasteiger partial charge in [-0.2, -0.15) is 4.37 Å². The maximum absolute atomic E-state index is 5.72. The average molecular weight is 443 g/mol. The van der Waals surface area contributed by atoms with E-state index in [2.05, 4.69) is 67.6 Å². The molecule has 8 heteroatoms. The number of aromatic nitrogens is 2. The van der Waals surface area contributed by atoms with Crippen LogP contribution in [-0.2, 0) is 16.6 Å². The Labute approximate surface area is 189 Å². The molecule has 4 rings (SSSR count). The first-order chi connectivity index (χ1) is 15.1. The lowest BCUT2D eigenvalue weighted by atomic mass is 9.72. The topological polar surface area (TPSA) is 65.9 Å². The number of anilines is 1. The van der Waals surface area contributed by atoms with Gasteiger partial charge >= 0.3 is 0 Å². The van der Waals surface area contributed by atoms with Gasteiger partial charge in [-0.05, 0) is 30.9 Å². The predicted molar refractivity (Wildman–Crippen MR) is 127 cm³/mol. The first-order valence-electron chi connectivity index (χ1n) is 11.3. The molecule has 2 aromatic rings. The third-order valence-electron chi connectivity index (χ3n) is 6.59. The molecule has 2 fully saturated rings. The Kier molecular flexibility index (Phi) is 7.07. The van der Waals surface area contributed by atoms with Gasteiger partial charge in [0.2, 0.25) is 5.13 Å². The molecule has 1 aromatic heterocycles. The highest BCUT2D eigenvalue weighted by Crippen LogP contribution is 2.36. The van der Waals surface area contributed by atoms with E-state index in [0.29, 0.717) is 0 Å². The van der Waals surface area contributed by atoms with Crippen molar-refractivity contribution in [2.24, 2.45) is 4.99 Å². The summed E-state index contributed by atoms with van der Waals surface area (Å²) in [6.07, 6.45) is 2.96. The fourth-order valence-corrected chi connectivity index (χ4v) is 5.48. The van der Waals surface area contributed by atoms with E-state index in [1.165, 1.54) is 22.7 Å². The number of nitrogens with zero attached hydrogens (tertiary/aromatic N) is 5. The van der Waals surface area contributed by atoms with Gasteiger partial charge in [-0.1, -0.05) is 31.2 Å². The second-order valence-corrected chi connectivity index (χ2v) is 9.16.